The Morgan fingerprint density at radius 2 is 1.70 bits per heavy atom. The quantitative estimate of drug-likeness (QED) is 0.626. The average molecular weight is 494 g/mol. The highest BCUT2D eigenvalue weighted by Crippen LogP contribution is 2.33. The van der Waals surface area contributed by atoms with Crippen molar-refractivity contribution in [2.45, 2.75) is 18.7 Å². The molecule has 2 saturated heterocycles. The Morgan fingerprint density at radius 3 is 2.27 bits per heavy atom. The van der Waals surface area contributed by atoms with E-state index in [1.807, 2.05) is 24.3 Å². The molecule has 9 nitrogen and oxygen atoms in total. The number of aryl methyl sites for hydroxylation is 1. The van der Waals surface area contributed by atoms with Crippen LogP contribution in [0.25, 0.3) is 0 Å². The fourth-order valence-corrected chi connectivity index (χ4v) is 7.78. The molecule has 0 N–H and O–H groups in total. The summed E-state index contributed by atoms with van der Waals surface area (Å²) >= 11 is 0. The summed E-state index contributed by atoms with van der Waals surface area (Å²) in [5, 5.41) is 0. The lowest BCUT2D eigenvalue weighted by atomic mass is 10.2. The van der Waals surface area contributed by atoms with E-state index in [1.165, 1.54) is 22.5 Å². The van der Waals surface area contributed by atoms with E-state index in [-0.39, 0.29) is 16.3 Å². The first kappa shape index (κ1) is 23.5. The molecule has 4 rings (SSSR count). The summed E-state index contributed by atoms with van der Waals surface area (Å²) in [4.78, 5) is 14.6. The first-order chi connectivity index (χ1) is 15.6. The summed E-state index contributed by atoms with van der Waals surface area (Å²) in [6, 6.07) is 11.8. The standard InChI is InChI=1S/C22H27N3O6S2/c1-16-14-18(25-22(26)17(2)15-32(25,27)28)8-9-21(16)33(29,30)24-12-10-23(11-13-24)19-6-4-5-7-20(19)31-3/h4-9,14,17H,10-13,15H2,1-3H3. The van der Waals surface area contributed by atoms with Gasteiger partial charge in [-0.3, -0.25) is 4.79 Å². The largest absolute Gasteiger partial charge is 0.495 e. The number of benzene rings is 2. The Morgan fingerprint density at radius 1 is 1.03 bits per heavy atom. The zero-order valence-corrected chi connectivity index (χ0v) is 20.4. The van der Waals surface area contributed by atoms with E-state index < -0.39 is 31.9 Å². The molecule has 0 aliphatic carbocycles. The van der Waals surface area contributed by atoms with Crippen molar-refractivity contribution in [3.63, 3.8) is 0 Å². The minimum atomic E-state index is -3.78. The van der Waals surface area contributed by atoms with Crippen LogP contribution in [0, 0.1) is 12.8 Å². The van der Waals surface area contributed by atoms with E-state index in [0.717, 1.165) is 15.7 Å². The predicted octanol–water partition coefficient (Wildman–Crippen LogP) is 1.83. The highest BCUT2D eigenvalue weighted by atomic mass is 32.2. The van der Waals surface area contributed by atoms with Crippen LogP contribution in [0.4, 0.5) is 11.4 Å². The number of carbonyl (C=O) groups excluding carboxylic acids is 1. The van der Waals surface area contributed by atoms with Crippen molar-refractivity contribution in [3.05, 3.63) is 48.0 Å². The Balaban J connectivity index is 1.54. The maximum Gasteiger partial charge on any atom is 0.244 e. The lowest BCUT2D eigenvalue weighted by Gasteiger charge is -2.36. The first-order valence-corrected chi connectivity index (χ1v) is 13.7. The summed E-state index contributed by atoms with van der Waals surface area (Å²) in [6.45, 7) is 4.80. The van der Waals surface area contributed by atoms with Gasteiger partial charge < -0.3 is 9.64 Å². The fraction of sp³-hybridized carbons (Fsp3) is 0.409. The summed E-state index contributed by atoms with van der Waals surface area (Å²) in [6.07, 6.45) is 0. The van der Waals surface area contributed by atoms with Crippen LogP contribution in [0.15, 0.2) is 47.4 Å². The monoisotopic (exact) mass is 493 g/mol. The summed E-state index contributed by atoms with van der Waals surface area (Å²) in [7, 11) is -5.93. The third kappa shape index (κ3) is 4.20. The van der Waals surface area contributed by atoms with Gasteiger partial charge >= 0.3 is 0 Å². The predicted molar refractivity (Wildman–Crippen MR) is 126 cm³/mol. The van der Waals surface area contributed by atoms with Gasteiger partial charge in [-0.25, -0.2) is 21.1 Å². The Labute approximate surface area is 194 Å². The van der Waals surface area contributed by atoms with Crippen LogP contribution < -0.4 is 13.9 Å². The number of ether oxygens (including phenoxy) is 1. The van der Waals surface area contributed by atoms with Crippen LogP contribution in [0.3, 0.4) is 0 Å². The van der Waals surface area contributed by atoms with Crippen LogP contribution in [0.5, 0.6) is 5.75 Å². The Bertz CT molecular complexity index is 1280. The van der Waals surface area contributed by atoms with Crippen LogP contribution >= 0.6 is 0 Å². The van der Waals surface area contributed by atoms with Gasteiger partial charge in [-0.1, -0.05) is 19.1 Å². The topological polar surface area (TPSA) is 104 Å². The molecule has 0 spiro atoms. The third-order valence-corrected chi connectivity index (χ3v) is 9.96. The maximum atomic E-state index is 13.3. The molecule has 2 aliphatic rings. The minimum absolute atomic E-state index is 0.106. The van der Waals surface area contributed by atoms with Crippen molar-refractivity contribution < 1.29 is 26.4 Å². The zero-order valence-electron chi connectivity index (χ0n) is 18.8. The highest BCUT2D eigenvalue weighted by molar-refractivity contribution is 7.94. The van der Waals surface area contributed by atoms with Crippen molar-refractivity contribution in [3.8, 4) is 5.75 Å². The number of methoxy groups -OCH3 is 1. The smallest absolute Gasteiger partial charge is 0.244 e. The molecule has 178 valence electrons. The first-order valence-electron chi connectivity index (χ1n) is 10.6. The highest BCUT2D eigenvalue weighted by Gasteiger charge is 2.42. The van der Waals surface area contributed by atoms with Crippen molar-refractivity contribution >= 4 is 37.3 Å². The lowest BCUT2D eigenvalue weighted by molar-refractivity contribution is -0.119. The molecular weight excluding hydrogens is 466 g/mol. The molecule has 2 aliphatic heterocycles. The van der Waals surface area contributed by atoms with E-state index in [1.54, 1.807) is 21.0 Å². The van der Waals surface area contributed by atoms with Gasteiger partial charge in [0.25, 0.3) is 0 Å². The van der Waals surface area contributed by atoms with Gasteiger partial charge in [0.05, 0.1) is 35.1 Å². The average Bonchev–Trinajstić information content (AvgIpc) is 2.99. The Kier molecular flexibility index (Phi) is 6.14. The van der Waals surface area contributed by atoms with Crippen molar-refractivity contribution in [1.29, 1.82) is 0 Å². The summed E-state index contributed by atoms with van der Waals surface area (Å²) in [5.41, 5.74) is 1.48. The number of amides is 1. The van der Waals surface area contributed by atoms with Gasteiger partial charge in [-0.05, 0) is 42.8 Å². The molecular formula is C22H27N3O6S2. The van der Waals surface area contributed by atoms with E-state index in [0.29, 0.717) is 31.7 Å². The van der Waals surface area contributed by atoms with Crippen molar-refractivity contribution in [2.75, 3.05) is 48.2 Å². The molecule has 2 aromatic carbocycles. The van der Waals surface area contributed by atoms with E-state index in [9.17, 15) is 21.6 Å². The Hall–Kier alpha value is -2.63. The normalized spacial score (nSPS) is 21.4. The van der Waals surface area contributed by atoms with Gasteiger partial charge in [-0.2, -0.15) is 4.31 Å². The van der Waals surface area contributed by atoms with Gasteiger partial charge in [-0.15, -0.1) is 0 Å². The number of anilines is 2. The van der Waals surface area contributed by atoms with Gasteiger partial charge in [0, 0.05) is 26.2 Å². The molecule has 0 saturated carbocycles. The van der Waals surface area contributed by atoms with Gasteiger partial charge in [0.15, 0.2) is 0 Å². The third-order valence-electron chi connectivity index (χ3n) is 6.04. The van der Waals surface area contributed by atoms with Gasteiger partial charge in [0.1, 0.15) is 5.75 Å². The molecule has 0 aromatic heterocycles. The van der Waals surface area contributed by atoms with Crippen LogP contribution in [0.2, 0.25) is 0 Å². The molecule has 2 aromatic rings. The molecule has 1 unspecified atom stereocenters. The van der Waals surface area contributed by atoms with Crippen LogP contribution in [-0.2, 0) is 24.8 Å². The fourth-order valence-electron chi connectivity index (χ4n) is 4.34. The molecule has 1 atom stereocenters. The van der Waals surface area contributed by atoms with Gasteiger partial charge in [0.2, 0.25) is 26.0 Å². The van der Waals surface area contributed by atoms with Crippen molar-refractivity contribution in [1.82, 2.24) is 4.31 Å². The number of hydrogen-bond donors (Lipinski definition) is 0. The molecule has 0 radical (unpaired) electrons. The van der Waals surface area contributed by atoms with Crippen molar-refractivity contribution in [2.24, 2.45) is 5.92 Å². The van der Waals surface area contributed by atoms with E-state index in [4.69, 9.17) is 4.74 Å². The van der Waals surface area contributed by atoms with Crippen LogP contribution in [0.1, 0.15) is 12.5 Å². The number of para-hydroxylation sites is 2. The number of rotatable bonds is 5. The second kappa shape index (κ2) is 8.62. The SMILES string of the molecule is COc1ccccc1N1CCN(S(=O)(=O)c2ccc(N3C(=O)C(C)CS3(=O)=O)cc2C)CC1. The number of hydrogen-bond acceptors (Lipinski definition) is 7. The maximum absolute atomic E-state index is 13.3. The van der Waals surface area contributed by atoms with Crippen LogP contribution in [-0.4, -0.2) is 66.1 Å². The molecule has 0 bridgehead atoms. The van der Waals surface area contributed by atoms with E-state index in [2.05, 4.69) is 4.90 Å². The van der Waals surface area contributed by atoms with E-state index >= 15 is 0 Å². The second-order valence-corrected chi connectivity index (χ2v) is 12.1. The molecule has 1 amide bonds. The number of piperazine rings is 1. The summed E-state index contributed by atoms with van der Waals surface area (Å²) in [5.74, 6) is -0.641. The lowest BCUT2D eigenvalue weighted by Crippen LogP contribution is -2.48. The number of nitrogens with zero attached hydrogens (tertiary/aromatic N) is 3. The molecule has 2 heterocycles. The number of carbonyl (C=O) groups is 1. The zero-order chi connectivity index (χ0) is 24.0. The number of sulfonamides is 2. The molecule has 11 heteroatoms. The second-order valence-electron chi connectivity index (χ2n) is 8.30. The molecule has 2 fully saturated rings. The summed E-state index contributed by atoms with van der Waals surface area (Å²) < 4.78 is 59.1. The minimum Gasteiger partial charge on any atom is -0.495 e. The molecule has 33 heavy (non-hydrogen) atoms.